The van der Waals surface area contributed by atoms with Gasteiger partial charge in [-0.2, -0.15) is 0 Å². The number of nitrogens with one attached hydrogen (secondary N) is 1. The van der Waals surface area contributed by atoms with E-state index in [9.17, 15) is 4.79 Å². The first kappa shape index (κ1) is 10.5. The maximum Gasteiger partial charge on any atom is 0.255 e. The first-order chi connectivity index (χ1) is 6.63. The van der Waals surface area contributed by atoms with E-state index in [0.29, 0.717) is 5.69 Å². The van der Waals surface area contributed by atoms with Gasteiger partial charge in [-0.3, -0.25) is 4.79 Å². The summed E-state index contributed by atoms with van der Waals surface area (Å²) in [4.78, 5) is 11.0. The number of rotatable bonds is 3. The fraction of sp³-hybridized carbons (Fsp3) is 0.222. The van der Waals surface area contributed by atoms with Gasteiger partial charge >= 0.3 is 0 Å². The van der Waals surface area contributed by atoms with E-state index >= 15 is 0 Å². The third kappa shape index (κ3) is 2.72. The second-order valence-corrected chi connectivity index (χ2v) is 2.73. The molecule has 0 aromatic heterocycles. The van der Waals surface area contributed by atoms with Gasteiger partial charge in [-0.15, -0.1) is 0 Å². The van der Waals surface area contributed by atoms with E-state index in [0.717, 1.165) is 0 Å². The Morgan fingerprint density at radius 3 is 2.43 bits per heavy atom. The van der Waals surface area contributed by atoms with Crippen molar-refractivity contribution in [2.75, 3.05) is 11.9 Å². The normalized spacial score (nSPS) is 12.1. The van der Waals surface area contributed by atoms with Crippen LogP contribution in [0.25, 0.3) is 0 Å². The first-order valence-electron chi connectivity index (χ1n) is 4.02. The zero-order chi connectivity index (χ0) is 10.6. The average molecular weight is 197 g/mol. The quantitative estimate of drug-likeness (QED) is 0.500. The van der Waals surface area contributed by atoms with Crippen molar-refractivity contribution >= 4 is 11.6 Å². The molecule has 1 amide bonds. The third-order valence-corrected chi connectivity index (χ3v) is 1.61. The van der Waals surface area contributed by atoms with E-state index in [2.05, 4.69) is 5.32 Å². The fourth-order valence-corrected chi connectivity index (χ4v) is 0.853. The standard InChI is InChI=1S/C9H11NO4/c11-5-8(13)9(14)10-6-1-3-7(12)4-2-6/h1-4,8,11-13H,5H2,(H,10,14). The van der Waals surface area contributed by atoms with Crippen molar-refractivity contribution in [3.63, 3.8) is 0 Å². The molecule has 1 rings (SSSR count). The van der Waals surface area contributed by atoms with Crippen LogP contribution < -0.4 is 5.32 Å². The van der Waals surface area contributed by atoms with Crippen molar-refractivity contribution in [2.45, 2.75) is 6.10 Å². The molecular formula is C9H11NO4. The Hall–Kier alpha value is -1.59. The van der Waals surface area contributed by atoms with Gasteiger partial charge in [0.15, 0.2) is 6.10 Å². The van der Waals surface area contributed by atoms with Crippen molar-refractivity contribution < 1.29 is 20.1 Å². The van der Waals surface area contributed by atoms with Crippen LogP contribution in [0.5, 0.6) is 5.75 Å². The molecule has 0 saturated carbocycles. The lowest BCUT2D eigenvalue weighted by atomic mass is 10.3. The Balaban J connectivity index is 2.60. The highest BCUT2D eigenvalue weighted by Crippen LogP contribution is 2.13. The molecule has 1 atom stereocenters. The number of carbonyl (C=O) groups excluding carboxylic acids is 1. The van der Waals surface area contributed by atoms with Gasteiger partial charge in [0.1, 0.15) is 5.75 Å². The summed E-state index contributed by atoms with van der Waals surface area (Å²) in [5, 5.41) is 28.7. The molecule has 14 heavy (non-hydrogen) atoms. The molecule has 1 aromatic carbocycles. The van der Waals surface area contributed by atoms with E-state index in [-0.39, 0.29) is 5.75 Å². The second kappa shape index (κ2) is 4.59. The van der Waals surface area contributed by atoms with Crippen molar-refractivity contribution in [3.8, 4) is 5.75 Å². The molecule has 1 unspecified atom stereocenters. The van der Waals surface area contributed by atoms with E-state index < -0.39 is 18.6 Å². The average Bonchev–Trinajstić information content (AvgIpc) is 2.20. The van der Waals surface area contributed by atoms with Gasteiger partial charge in [-0.25, -0.2) is 0 Å². The van der Waals surface area contributed by atoms with Crippen molar-refractivity contribution in [1.82, 2.24) is 0 Å². The van der Waals surface area contributed by atoms with E-state index in [1.807, 2.05) is 0 Å². The Labute approximate surface area is 80.6 Å². The molecule has 5 heteroatoms. The van der Waals surface area contributed by atoms with E-state index in [1.165, 1.54) is 24.3 Å². The molecule has 0 radical (unpaired) electrons. The second-order valence-electron chi connectivity index (χ2n) is 2.73. The number of aromatic hydroxyl groups is 1. The van der Waals surface area contributed by atoms with Crippen molar-refractivity contribution in [1.29, 1.82) is 0 Å². The van der Waals surface area contributed by atoms with Gasteiger partial charge in [0.05, 0.1) is 6.61 Å². The Morgan fingerprint density at radius 2 is 1.93 bits per heavy atom. The molecule has 0 saturated heterocycles. The highest BCUT2D eigenvalue weighted by molar-refractivity contribution is 5.94. The Kier molecular flexibility index (Phi) is 3.44. The lowest BCUT2D eigenvalue weighted by Gasteiger charge is -2.08. The summed E-state index contributed by atoms with van der Waals surface area (Å²) in [6.07, 6.45) is -1.43. The molecule has 5 nitrogen and oxygen atoms in total. The molecule has 76 valence electrons. The lowest BCUT2D eigenvalue weighted by molar-refractivity contribution is -0.125. The van der Waals surface area contributed by atoms with Gasteiger partial charge in [0.2, 0.25) is 0 Å². The minimum Gasteiger partial charge on any atom is -0.508 e. The number of aliphatic hydroxyl groups is 2. The number of benzene rings is 1. The molecule has 0 fully saturated rings. The number of anilines is 1. The van der Waals surface area contributed by atoms with Crippen LogP contribution in [0.2, 0.25) is 0 Å². The Bertz CT molecular complexity index is 309. The maximum atomic E-state index is 11.0. The number of amides is 1. The fourth-order valence-electron chi connectivity index (χ4n) is 0.853. The minimum atomic E-state index is -1.43. The monoisotopic (exact) mass is 197 g/mol. The number of phenolic OH excluding ortho intramolecular Hbond substituents is 1. The van der Waals surface area contributed by atoms with Gasteiger partial charge in [0.25, 0.3) is 5.91 Å². The van der Waals surface area contributed by atoms with Gasteiger partial charge < -0.3 is 20.6 Å². The number of phenols is 1. The number of carbonyl (C=O) groups is 1. The number of aliphatic hydroxyl groups excluding tert-OH is 2. The van der Waals surface area contributed by atoms with Crippen LogP contribution in [0.3, 0.4) is 0 Å². The van der Waals surface area contributed by atoms with Crippen LogP contribution in [-0.4, -0.2) is 33.9 Å². The minimum absolute atomic E-state index is 0.0886. The summed E-state index contributed by atoms with van der Waals surface area (Å²) in [5.41, 5.74) is 0.445. The topological polar surface area (TPSA) is 89.8 Å². The van der Waals surface area contributed by atoms with Crippen LogP contribution in [0.15, 0.2) is 24.3 Å². The van der Waals surface area contributed by atoms with Gasteiger partial charge in [0, 0.05) is 5.69 Å². The summed E-state index contributed by atoms with van der Waals surface area (Å²) >= 11 is 0. The molecule has 0 aliphatic heterocycles. The highest BCUT2D eigenvalue weighted by Gasteiger charge is 2.12. The zero-order valence-electron chi connectivity index (χ0n) is 7.34. The molecule has 4 N–H and O–H groups in total. The maximum absolute atomic E-state index is 11.0. The molecule has 0 spiro atoms. The molecular weight excluding hydrogens is 186 g/mol. The smallest absolute Gasteiger partial charge is 0.255 e. The summed E-state index contributed by atoms with van der Waals surface area (Å²) in [6, 6.07) is 5.77. The number of hydrogen-bond acceptors (Lipinski definition) is 4. The predicted molar refractivity (Wildman–Crippen MR) is 49.8 cm³/mol. The lowest BCUT2D eigenvalue weighted by Crippen LogP contribution is -2.30. The van der Waals surface area contributed by atoms with Gasteiger partial charge in [-0.1, -0.05) is 0 Å². The van der Waals surface area contributed by atoms with Crippen LogP contribution in [0.1, 0.15) is 0 Å². The van der Waals surface area contributed by atoms with Crippen LogP contribution in [-0.2, 0) is 4.79 Å². The number of hydrogen-bond donors (Lipinski definition) is 4. The molecule has 1 aromatic rings. The summed E-state index contributed by atoms with van der Waals surface area (Å²) in [7, 11) is 0. The molecule has 0 heterocycles. The Morgan fingerprint density at radius 1 is 1.36 bits per heavy atom. The van der Waals surface area contributed by atoms with E-state index in [1.54, 1.807) is 0 Å². The summed E-state index contributed by atoms with van der Waals surface area (Å²) < 4.78 is 0. The summed E-state index contributed by atoms with van der Waals surface area (Å²) in [5.74, 6) is -0.594. The molecule has 0 aliphatic rings. The predicted octanol–water partition coefficient (Wildman–Crippen LogP) is -0.316. The zero-order valence-corrected chi connectivity index (χ0v) is 7.34. The van der Waals surface area contributed by atoms with E-state index in [4.69, 9.17) is 15.3 Å². The molecule has 0 bridgehead atoms. The van der Waals surface area contributed by atoms with Crippen LogP contribution in [0.4, 0.5) is 5.69 Å². The van der Waals surface area contributed by atoms with Crippen molar-refractivity contribution in [3.05, 3.63) is 24.3 Å². The SMILES string of the molecule is O=C(Nc1ccc(O)cc1)C(O)CO. The molecule has 0 aliphatic carbocycles. The third-order valence-electron chi connectivity index (χ3n) is 1.61. The van der Waals surface area contributed by atoms with Crippen LogP contribution >= 0.6 is 0 Å². The van der Waals surface area contributed by atoms with Crippen molar-refractivity contribution in [2.24, 2.45) is 0 Å². The van der Waals surface area contributed by atoms with Gasteiger partial charge in [-0.05, 0) is 24.3 Å². The first-order valence-corrected chi connectivity index (χ1v) is 4.02. The summed E-state index contributed by atoms with van der Waals surface area (Å²) in [6.45, 7) is -0.621. The van der Waals surface area contributed by atoms with Crippen LogP contribution in [0, 0.1) is 0 Å². The largest absolute Gasteiger partial charge is 0.508 e. The highest BCUT2D eigenvalue weighted by atomic mass is 16.3.